The monoisotopic (exact) mass is 222 g/mol. The zero-order valence-corrected chi connectivity index (χ0v) is 9.59. The molecule has 1 fully saturated rings. The molecule has 1 aromatic heterocycles. The SMILES string of the molecule is Cc1cc(C=O)cnc1N1CCSCC1. The molecule has 1 aliphatic rings. The molecule has 1 aromatic rings. The molecule has 0 N–H and O–H groups in total. The normalized spacial score (nSPS) is 16.5. The van der Waals surface area contributed by atoms with Crippen LogP contribution in [0.1, 0.15) is 15.9 Å². The van der Waals surface area contributed by atoms with E-state index in [0.717, 1.165) is 42.3 Å². The first-order valence-corrected chi connectivity index (χ1v) is 6.21. The third-order valence-corrected chi connectivity index (χ3v) is 3.46. The van der Waals surface area contributed by atoms with Gasteiger partial charge in [-0.05, 0) is 18.6 Å². The maximum Gasteiger partial charge on any atom is 0.151 e. The van der Waals surface area contributed by atoms with Gasteiger partial charge in [-0.3, -0.25) is 4.79 Å². The molecule has 0 amide bonds. The van der Waals surface area contributed by atoms with E-state index in [1.165, 1.54) is 0 Å². The number of anilines is 1. The summed E-state index contributed by atoms with van der Waals surface area (Å²) in [5.74, 6) is 3.36. The summed E-state index contributed by atoms with van der Waals surface area (Å²) in [4.78, 5) is 17.2. The lowest BCUT2D eigenvalue weighted by Gasteiger charge is -2.28. The van der Waals surface area contributed by atoms with Crippen LogP contribution in [0.4, 0.5) is 5.82 Å². The van der Waals surface area contributed by atoms with Crippen LogP contribution in [0.2, 0.25) is 0 Å². The predicted octanol–water partition coefficient (Wildman–Crippen LogP) is 1.76. The average molecular weight is 222 g/mol. The molecule has 0 spiro atoms. The maximum absolute atomic E-state index is 10.6. The van der Waals surface area contributed by atoms with Crippen LogP contribution in [0.15, 0.2) is 12.3 Å². The van der Waals surface area contributed by atoms with Gasteiger partial charge in [0.15, 0.2) is 6.29 Å². The lowest BCUT2D eigenvalue weighted by Crippen LogP contribution is -2.33. The predicted molar refractivity (Wildman–Crippen MR) is 63.9 cm³/mol. The second-order valence-corrected chi connectivity index (χ2v) is 4.85. The number of hydrogen-bond acceptors (Lipinski definition) is 4. The molecule has 80 valence electrons. The highest BCUT2D eigenvalue weighted by Crippen LogP contribution is 2.21. The van der Waals surface area contributed by atoms with Crippen LogP contribution in [0.3, 0.4) is 0 Å². The lowest BCUT2D eigenvalue weighted by molar-refractivity contribution is 0.112. The first kappa shape index (κ1) is 10.5. The lowest BCUT2D eigenvalue weighted by atomic mass is 10.2. The van der Waals surface area contributed by atoms with E-state index in [9.17, 15) is 4.79 Å². The fourth-order valence-corrected chi connectivity index (χ4v) is 2.66. The zero-order chi connectivity index (χ0) is 10.7. The molecule has 0 atom stereocenters. The van der Waals surface area contributed by atoms with Crippen molar-refractivity contribution in [3.05, 3.63) is 23.4 Å². The first-order valence-electron chi connectivity index (χ1n) is 5.06. The molecule has 2 rings (SSSR count). The van der Waals surface area contributed by atoms with Crippen molar-refractivity contribution in [2.45, 2.75) is 6.92 Å². The number of rotatable bonds is 2. The quantitative estimate of drug-likeness (QED) is 0.714. The minimum atomic E-state index is 0.655. The molecule has 1 aliphatic heterocycles. The van der Waals surface area contributed by atoms with Gasteiger partial charge in [-0.15, -0.1) is 0 Å². The van der Waals surface area contributed by atoms with Crippen LogP contribution in [-0.4, -0.2) is 35.9 Å². The number of thioether (sulfide) groups is 1. The van der Waals surface area contributed by atoms with Gasteiger partial charge < -0.3 is 4.90 Å². The topological polar surface area (TPSA) is 33.2 Å². The summed E-state index contributed by atoms with van der Waals surface area (Å²) in [6.45, 7) is 4.12. The van der Waals surface area contributed by atoms with E-state index < -0.39 is 0 Å². The number of aryl methyl sites for hydroxylation is 1. The summed E-state index contributed by atoms with van der Waals surface area (Å²) in [7, 11) is 0. The van der Waals surface area contributed by atoms with Crippen molar-refractivity contribution in [3.8, 4) is 0 Å². The largest absolute Gasteiger partial charge is 0.355 e. The molecule has 15 heavy (non-hydrogen) atoms. The Balaban J connectivity index is 2.23. The van der Waals surface area contributed by atoms with E-state index in [1.54, 1.807) is 6.20 Å². The third kappa shape index (κ3) is 2.31. The van der Waals surface area contributed by atoms with Gasteiger partial charge in [-0.25, -0.2) is 4.98 Å². The molecule has 4 heteroatoms. The van der Waals surface area contributed by atoms with Crippen LogP contribution in [-0.2, 0) is 0 Å². The molecule has 0 unspecified atom stereocenters. The fourth-order valence-electron chi connectivity index (χ4n) is 1.76. The average Bonchev–Trinajstić information content (AvgIpc) is 2.30. The second kappa shape index (κ2) is 4.66. The van der Waals surface area contributed by atoms with E-state index in [1.807, 2.05) is 24.8 Å². The smallest absolute Gasteiger partial charge is 0.151 e. The Morgan fingerprint density at radius 3 is 2.80 bits per heavy atom. The zero-order valence-electron chi connectivity index (χ0n) is 8.77. The Hall–Kier alpha value is -1.03. The van der Waals surface area contributed by atoms with Crippen molar-refractivity contribution in [2.24, 2.45) is 0 Å². The Morgan fingerprint density at radius 2 is 2.20 bits per heavy atom. The Kier molecular flexibility index (Phi) is 3.26. The Bertz CT molecular complexity index is 362. The van der Waals surface area contributed by atoms with E-state index in [-0.39, 0.29) is 0 Å². The molecule has 0 aromatic carbocycles. The summed E-state index contributed by atoms with van der Waals surface area (Å²) in [5.41, 5.74) is 1.74. The molecule has 0 saturated carbocycles. The van der Waals surface area contributed by atoms with E-state index in [2.05, 4.69) is 9.88 Å². The number of aromatic nitrogens is 1. The standard InChI is InChI=1S/C11H14N2OS/c1-9-6-10(8-14)7-12-11(9)13-2-4-15-5-3-13/h6-8H,2-5H2,1H3. The highest BCUT2D eigenvalue weighted by Gasteiger charge is 2.14. The summed E-state index contributed by atoms with van der Waals surface area (Å²) < 4.78 is 0. The van der Waals surface area contributed by atoms with Gasteiger partial charge in [0.1, 0.15) is 5.82 Å². The number of aldehydes is 1. The Morgan fingerprint density at radius 1 is 1.47 bits per heavy atom. The molecule has 0 aliphatic carbocycles. The number of nitrogens with zero attached hydrogens (tertiary/aromatic N) is 2. The van der Waals surface area contributed by atoms with Crippen LogP contribution < -0.4 is 4.90 Å². The summed E-state index contributed by atoms with van der Waals surface area (Å²) in [6.07, 6.45) is 2.49. The van der Waals surface area contributed by atoms with Gasteiger partial charge in [0.25, 0.3) is 0 Å². The van der Waals surface area contributed by atoms with Crippen molar-refractivity contribution in [2.75, 3.05) is 29.5 Å². The molecule has 0 radical (unpaired) electrons. The number of pyridine rings is 1. The van der Waals surface area contributed by atoms with Crippen LogP contribution in [0.5, 0.6) is 0 Å². The van der Waals surface area contributed by atoms with Crippen molar-refractivity contribution in [1.29, 1.82) is 0 Å². The molecule has 3 nitrogen and oxygen atoms in total. The van der Waals surface area contributed by atoms with Crippen LogP contribution in [0, 0.1) is 6.92 Å². The number of carbonyl (C=O) groups excluding carboxylic acids is 1. The van der Waals surface area contributed by atoms with Crippen molar-refractivity contribution < 1.29 is 4.79 Å². The van der Waals surface area contributed by atoms with Crippen LogP contribution >= 0.6 is 11.8 Å². The number of hydrogen-bond donors (Lipinski definition) is 0. The summed E-state index contributed by atoms with van der Waals surface area (Å²) >= 11 is 1.98. The van der Waals surface area contributed by atoms with Gasteiger partial charge >= 0.3 is 0 Å². The van der Waals surface area contributed by atoms with Gasteiger partial charge in [-0.2, -0.15) is 11.8 Å². The summed E-state index contributed by atoms with van der Waals surface area (Å²) in [5, 5.41) is 0. The van der Waals surface area contributed by atoms with Crippen molar-refractivity contribution in [1.82, 2.24) is 4.98 Å². The fraction of sp³-hybridized carbons (Fsp3) is 0.455. The third-order valence-electron chi connectivity index (χ3n) is 2.52. The van der Waals surface area contributed by atoms with Gasteiger partial charge in [-0.1, -0.05) is 0 Å². The highest BCUT2D eigenvalue weighted by atomic mass is 32.2. The number of carbonyl (C=O) groups is 1. The van der Waals surface area contributed by atoms with E-state index in [0.29, 0.717) is 5.56 Å². The van der Waals surface area contributed by atoms with Gasteiger partial charge in [0.2, 0.25) is 0 Å². The van der Waals surface area contributed by atoms with Gasteiger partial charge in [0, 0.05) is 36.4 Å². The molecular weight excluding hydrogens is 208 g/mol. The summed E-state index contributed by atoms with van der Waals surface area (Å²) in [6, 6.07) is 1.90. The van der Waals surface area contributed by atoms with Crippen molar-refractivity contribution in [3.63, 3.8) is 0 Å². The molecule has 0 bridgehead atoms. The highest BCUT2D eigenvalue weighted by molar-refractivity contribution is 7.99. The Labute approximate surface area is 93.9 Å². The van der Waals surface area contributed by atoms with Crippen molar-refractivity contribution >= 4 is 23.9 Å². The van der Waals surface area contributed by atoms with E-state index >= 15 is 0 Å². The minimum Gasteiger partial charge on any atom is -0.355 e. The van der Waals surface area contributed by atoms with E-state index in [4.69, 9.17) is 0 Å². The molecule has 1 saturated heterocycles. The second-order valence-electron chi connectivity index (χ2n) is 3.63. The first-order chi connectivity index (χ1) is 7.31. The molecule has 2 heterocycles. The maximum atomic E-state index is 10.6. The minimum absolute atomic E-state index is 0.655. The van der Waals surface area contributed by atoms with Crippen LogP contribution in [0.25, 0.3) is 0 Å². The molecular formula is C11H14N2OS. The van der Waals surface area contributed by atoms with Gasteiger partial charge in [0.05, 0.1) is 0 Å².